The maximum Gasteiger partial charge on any atom is 0.220 e. The molecule has 3 nitrogen and oxygen atoms in total. The summed E-state index contributed by atoms with van der Waals surface area (Å²) >= 11 is 0. The first kappa shape index (κ1) is 18.0. The van der Waals surface area contributed by atoms with Crippen molar-refractivity contribution in [3.05, 3.63) is 65.5 Å². The Hall–Kier alpha value is -2.36. The molecule has 0 fully saturated rings. The Kier molecular flexibility index (Phi) is 7.27. The molecule has 0 saturated carbocycles. The molecular formula is C20H24FNO2. The summed E-state index contributed by atoms with van der Waals surface area (Å²) in [6, 6.07) is 14.5. The summed E-state index contributed by atoms with van der Waals surface area (Å²) in [7, 11) is 0. The lowest BCUT2D eigenvalue weighted by Gasteiger charge is -2.10. The Balaban J connectivity index is 1.69. The number of hydrogen-bond acceptors (Lipinski definition) is 2. The van der Waals surface area contributed by atoms with Crippen molar-refractivity contribution in [1.82, 2.24) is 5.32 Å². The molecule has 1 amide bonds. The lowest BCUT2D eigenvalue weighted by Crippen LogP contribution is -2.25. The van der Waals surface area contributed by atoms with E-state index in [0.717, 1.165) is 24.2 Å². The quantitative estimate of drug-likeness (QED) is 0.709. The van der Waals surface area contributed by atoms with E-state index in [4.69, 9.17) is 4.74 Å². The summed E-state index contributed by atoms with van der Waals surface area (Å²) in [6.45, 7) is 3.22. The summed E-state index contributed by atoms with van der Waals surface area (Å²) in [4.78, 5) is 11.9. The minimum Gasteiger partial charge on any atom is -0.494 e. The largest absolute Gasteiger partial charge is 0.494 e. The molecule has 0 spiro atoms. The van der Waals surface area contributed by atoms with Crippen LogP contribution in [0.5, 0.6) is 5.75 Å². The van der Waals surface area contributed by atoms with Gasteiger partial charge in [-0.25, -0.2) is 4.39 Å². The molecule has 0 saturated heterocycles. The van der Waals surface area contributed by atoms with E-state index in [0.29, 0.717) is 31.6 Å². The van der Waals surface area contributed by atoms with Gasteiger partial charge in [-0.05, 0) is 49.4 Å². The molecule has 0 bridgehead atoms. The van der Waals surface area contributed by atoms with Gasteiger partial charge >= 0.3 is 0 Å². The third-order valence-corrected chi connectivity index (χ3v) is 3.80. The minimum absolute atomic E-state index is 0.0450. The Morgan fingerprint density at radius 3 is 2.50 bits per heavy atom. The van der Waals surface area contributed by atoms with Crippen molar-refractivity contribution in [2.24, 2.45) is 0 Å². The normalized spacial score (nSPS) is 10.4. The van der Waals surface area contributed by atoms with Crippen LogP contribution < -0.4 is 10.1 Å². The first-order valence-corrected chi connectivity index (χ1v) is 8.41. The van der Waals surface area contributed by atoms with E-state index < -0.39 is 0 Å². The highest BCUT2D eigenvalue weighted by atomic mass is 19.1. The molecule has 128 valence electrons. The van der Waals surface area contributed by atoms with Gasteiger partial charge in [-0.3, -0.25) is 4.79 Å². The Labute approximate surface area is 142 Å². The van der Waals surface area contributed by atoms with Gasteiger partial charge in [0.15, 0.2) is 0 Å². The molecule has 4 heteroatoms. The zero-order valence-electron chi connectivity index (χ0n) is 14.1. The van der Waals surface area contributed by atoms with E-state index in [1.54, 1.807) is 18.2 Å². The van der Waals surface area contributed by atoms with Crippen LogP contribution in [0.2, 0.25) is 0 Å². The number of ether oxygens (including phenoxy) is 1. The molecule has 24 heavy (non-hydrogen) atoms. The topological polar surface area (TPSA) is 38.3 Å². The van der Waals surface area contributed by atoms with Crippen molar-refractivity contribution >= 4 is 5.91 Å². The number of hydrogen-bond donors (Lipinski definition) is 1. The third kappa shape index (κ3) is 5.69. The second-order valence-electron chi connectivity index (χ2n) is 5.59. The monoisotopic (exact) mass is 329 g/mol. The van der Waals surface area contributed by atoms with Crippen LogP contribution in [0.25, 0.3) is 0 Å². The smallest absolute Gasteiger partial charge is 0.220 e. The van der Waals surface area contributed by atoms with Crippen molar-refractivity contribution in [1.29, 1.82) is 0 Å². The van der Waals surface area contributed by atoms with Crippen molar-refractivity contribution in [3.63, 3.8) is 0 Å². The van der Waals surface area contributed by atoms with Crippen molar-refractivity contribution in [3.8, 4) is 5.75 Å². The van der Waals surface area contributed by atoms with E-state index in [9.17, 15) is 9.18 Å². The third-order valence-electron chi connectivity index (χ3n) is 3.80. The average molecular weight is 329 g/mol. The molecule has 2 rings (SSSR count). The van der Waals surface area contributed by atoms with Gasteiger partial charge in [-0.1, -0.05) is 36.4 Å². The zero-order chi connectivity index (χ0) is 17.2. The summed E-state index contributed by atoms with van der Waals surface area (Å²) in [6.07, 6.45) is 2.42. The number of halogens is 1. The van der Waals surface area contributed by atoms with Gasteiger partial charge in [-0.15, -0.1) is 0 Å². The summed E-state index contributed by atoms with van der Waals surface area (Å²) in [5, 5.41) is 2.89. The minimum atomic E-state index is -0.252. The second kappa shape index (κ2) is 9.71. The summed E-state index contributed by atoms with van der Waals surface area (Å²) in [5.74, 6) is 0.611. The molecule has 0 aliphatic heterocycles. The number of nitrogens with one attached hydrogen (secondary N) is 1. The molecule has 1 N–H and O–H groups in total. The molecular weight excluding hydrogens is 305 g/mol. The van der Waals surface area contributed by atoms with E-state index in [2.05, 4.69) is 5.32 Å². The standard InChI is InChI=1S/C20H24FNO2/c1-2-24-19-12-6-4-9-17(19)10-7-15-22-20(23)14-13-16-8-3-5-11-18(16)21/h3-6,8-9,11-12H,2,7,10,13-15H2,1H3,(H,22,23). The molecule has 0 aliphatic carbocycles. The van der Waals surface area contributed by atoms with Gasteiger partial charge in [-0.2, -0.15) is 0 Å². The van der Waals surface area contributed by atoms with Crippen LogP contribution in [0.3, 0.4) is 0 Å². The number of benzene rings is 2. The SMILES string of the molecule is CCOc1ccccc1CCCNC(=O)CCc1ccccc1F. The first-order chi connectivity index (χ1) is 11.7. The van der Waals surface area contributed by atoms with Gasteiger partial charge in [0.2, 0.25) is 5.91 Å². The molecule has 0 atom stereocenters. The summed E-state index contributed by atoms with van der Waals surface area (Å²) < 4.78 is 19.1. The lowest BCUT2D eigenvalue weighted by atomic mass is 10.1. The summed E-state index contributed by atoms with van der Waals surface area (Å²) in [5.41, 5.74) is 1.73. The molecule has 2 aromatic rings. The van der Waals surface area contributed by atoms with Crippen LogP contribution in [-0.4, -0.2) is 19.1 Å². The number of aryl methyl sites for hydroxylation is 2. The first-order valence-electron chi connectivity index (χ1n) is 8.41. The fourth-order valence-electron chi connectivity index (χ4n) is 2.55. The van der Waals surface area contributed by atoms with Crippen LogP contribution in [0, 0.1) is 5.82 Å². The van der Waals surface area contributed by atoms with Gasteiger partial charge < -0.3 is 10.1 Å². The zero-order valence-corrected chi connectivity index (χ0v) is 14.1. The van der Waals surface area contributed by atoms with Crippen LogP contribution in [0.4, 0.5) is 4.39 Å². The highest BCUT2D eigenvalue weighted by Crippen LogP contribution is 2.19. The lowest BCUT2D eigenvalue weighted by molar-refractivity contribution is -0.121. The van der Waals surface area contributed by atoms with E-state index in [1.807, 2.05) is 31.2 Å². The Bertz CT molecular complexity index is 658. The highest BCUT2D eigenvalue weighted by Gasteiger charge is 2.06. The number of carbonyl (C=O) groups is 1. The number of amides is 1. The van der Waals surface area contributed by atoms with E-state index in [-0.39, 0.29) is 11.7 Å². The molecule has 0 aromatic heterocycles. The molecule has 0 radical (unpaired) electrons. The van der Waals surface area contributed by atoms with Gasteiger partial charge in [0.1, 0.15) is 11.6 Å². The van der Waals surface area contributed by atoms with Gasteiger partial charge in [0, 0.05) is 13.0 Å². The second-order valence-corrected chi connectivity index (χ2v) is 5.59. The van der Waals surface area contributed by atoms with Crippen molar-refractivity contribution in [2.75, 3.05) is 13.2 Å². The Morgan fingerprint density at radius 2 is 1.75 bits per heavy atom. The van der Waals surface area contributed by atoms with Gasteiger partial charge in [0.25, 0.3) is 0 Å². The Morgan fingerprint density at radius 1 is 1.04 bits per heavy atom. The van der Waals surface area contributed by atoms with Crippen LogP contribution in [0.15, 0.2) is 48.5 Å². The van der Waals surface area contributed by atoms with Crippen molar-refractivity contribution < 1.29 is 13.9 Å². The average Bonchev–Trinajstić information content (AvgIpc) is 2.59. The number of rotatable bonds is 9. The van der Waals surface area contributed by atoms with Crippen LogP contribution >= 0.6 is 0 Å². The molecule has 0 unspecified atom stereocenters. The molecule has 2 aromatic carbocycles. The number of para-hydroxylation sites is 1. The van der Waals surface area contributed by atoms with E-state index in [1.165, 1.54) is 6.07 Å². The fourth-order valence-corrected chi connectivity index (χ4v) is 2.55. The maximum atomic E-state index is 13.5. The molecule has 0 aliphatic rings. The van der Waals surface area contributed by atoms with E-state index >= 15 is 0 Å². The predicted molar refractivity (Wildman–Crippen MR) is 93.7 cm³/mol. The van der Waals surface area contributed by atoms with Crippen LogP contribution in [-0.2, 0) is 17.6 Å². The fraction of sp³-hybridized carbons (Fsp3) is 0.350. The maximum absolute atomic E-state index is 13.5. The van der Waals surface area contributed by atoms with Crippen LogP contribution in [0.1, 0.15) is 30.9 Å². The highest BCUT2D eigenvalue weighted by molar-refractivity contribution is 5.76. The van der Waals surface area contributed by atoms with Gasteiger partial charge in [0.05, 0.1) is 6.61 Å². The predicted octanol–water partition coefficient (Wildman–Crippen LogP) is 3.91. The van der Waals surface area contributed by atoms with Crippen molar-refractivity contribution in [2.45, 2.75) is 32.6 Å². The molecule has 0 heterocycles. The number of carbonyl (C=O) groups excluding carboxylic acids is 1.